The lowest BCUT2D eigenvalue weighted by Gasteiger charge is -2.21. The third-order valence-electron chi connectivity index (χ3n) is 4.20. The minimum Gasteiger partial charge on any atom is -0.490 e. The summed E-state index contributed by atoms with van der Waals surface area (Å²) in [4.78, 5) is 25.0. The number of ether oxygens (including phenoxy) is 2. The Kier molecular flexibility index (Phi) is 6.46. The fourth-order valence-electron chi connectivity index (χ4n) is 3.05. The molecule has 1 aromatic carbocycles. The summed E-state index contributed by atoms with van der Waals surface area (Å²) in [6, 6.07) is 4.85. The summed E-state index contributed by atoms with van der Waals surface area (Å²) < 4.78 is 10.7. The SMILES string of the molecule is CCOc1cc(C(=O)N(C)CC2CCCC2)ccc1OCC(=O)O. The lowest BCUT2D eigenvalue weighted by atomic mass is 10.1. The molecule has 1 N–H and O–H groups in total. The zero-order chi connectivity index (χ0) is 17.5. The summed E-state index contributed by atoms with van der Waals surface area (Å²) in [5, 5.41) is 8.72. The van der Waals surface area contributed by atoms with Gasteiger partial charge in [0.1, 0.15) is 0 Å². The number of carbonyl (C=O) groups is 2. The van der Waals surface area contributed by atoms with Crippen LogP contribution in [-0.4, -0.2) is 48.7 Å². The van der Waals surface area contributed by atoms with E-state index in [1.54, 1.807) is 23.1 Å². The topological polar surface area (TPSA) is 76.1 Å². The van der Waals surface area contributed by atoms with Gasteiger partial charge in [-0.15, -0.1) is 0 Å². The first kappa shape index (κ1) is 18.1. The first-order chi connectivity index (χ1) is 11.5. The van der Waals surface area contributed by atoms with Gasteiger partial charge in [-0.1, -0.05) is 12.8 Å². The van der Waals surface area contributed by atoms with Gasteiger partial charge in [-0.3, -0.25) is 4.79 Å². The summed E-state index contributed by atoms with van der Waals surface area (Å²) in [5.74, 6) is 0.179. The van der Waals surface area contributed by atoms with E-state index < -0.39 is 12.6 Å². The number of amides is 1. The van der Waals surface area contributed by atoms with Crippen LogP contribution in [0.5, 0.6) is 11.5 Å². The van der Waals surface area contributed by atoms with Crippen LogP contribution in [0.15, 0.2) is 18.2 Å². The van der Waals surface area contributed by atoms with E-state index >= 15 is 0 Å². The molecule has 2 rings (SSSR count). The van der Waals surface area contributed by atoms with Crippen molar-refractivity contribution in [2.45, 2.75) is 32.6 Å². The molecule has 132 valence electrons. The zero-order valence-electron chi connectivity index (χ0n) is 14.3. The van der Waals surface area contributed by atoms with Crippen LogP contribution in [0.2, 0.25) is 0 Å². The van der Waals surface area contributed by atoms with Gasteiger partial charge >= 0.3 is 5.97 Å². The number of carboxylic acid groups (broad SMARTS) is 1. The van der Waals surface area contributed by atoms with E-state index in [-0.39, 0.29) is 5.91 Å². The first-order valence-corrected chi connectivity index (χ1v) is 8.38. The van der Waals surface area contributed by atoms with Crippen molar-refractivity contribution in [3.8, 4) is 11.5 Å². The zero-order valence-corrected chi connectivity index (χ0v) is 14.3. The van der Waals surface area contributed by atoms with Crippen molar-refractivity contribution in [1.29, 1.82) is 0 Å². The molecule has 0 atom stereocenters. The van der Waals surface area contributed by atoms with Crippen molar-refractivity contribution >= 4 is 11.9 Å². The molecule has 0 heterocycles. The lowest BCUT2D eigenvalue weighted by molar-refractivity contribution is -0.139. The highest BCUT2D eigenvalue weighted by Crippen LogP contribution is 2.30. The largest absolute Gasteiger partial charge is 0.490 e. The Morgan fingerprint density at radius 3 is 2.54 bits per heavy atom. The standard InChI is InChI=1S/C18H25NO5/c1-3-23-16-10-14(8-9-15(16)24-12-17(20)21)18(22)19(2)11-13-6-4-5-7-13/h8-10,13H,3-7,11-12H2,1-2H3,(H,20,21). The molecular weight excluding hydrogens is 310 g/mol. The van der Waals surface area contributed by atoms with Crippen molar-refractivity contribution in [3.63, 3.8) is 0 Å². The number of nitrogens with zero attached hydrogens (tertiary/aromatic N) is 1. The molecule has 6 heteroatoms. The van der Waals surface area contributed by atoms with Crippen molar-refractivity contribution in [3.05, 3.63) is 23.8 Å². The summed E-state index contributed by atoms with van der Waals surface area (Å²) in [5.41, 5.74) is 0.515. The van der Waals surface area contributed by atoms with E-state index in [2.05, 4.69) is 0 Å². The molecule has 0 aromatic heterocycles. The molecule has 1 aromatic rings. The Bertz CT molecular complexity index is 581. The van der Waals surface area contributed by atoms with Gasteiger partial charge in [0.15, 0.2) is 18.1 Å². The van der Waals surface area contributed by atoms with Gasteiger partial charge in [-0.25, -0.2) is 4.79 Å². The molecule has 1 fully saturated rings. The third kappa shape index (κ3) is 4.88. The van der Waals surface area contributed by atoms with Crippen molar-refractivity contribution in [2.24, 2.45) is 5.92 Å². The van der Waals surface area contributed by atoms with Gasteiger partial charge in [0.2, 0.25) is 0 Å². The average Bonchev–Trinajstić information content (AvgIpc) is 3.06. The van der Waals surface area contributed by atoms with Gasteiger partial charge in [0.05, 0.1) is 6.61 Å². The molecule has 0 bridgehead atoms. The fourth-order valence-corrected chi connectivity index (χ4v) is 3.05. The molecule has 1 saturated carbocycles. The van der Waals surface area contributed by atoms with Crippen LogP contribution in [0.4, 0.5) is 0 Å². The quantitative estimate of drug-likeness (QED) is 0.790. The summed E-state index contributed by atoms with van der Waals surface area (Å²) in [6.07, 6.45) is 4.86. The predicted molar refractivity (Wildman–Crippen MR) is 89.7 cm³/mol. The normalized spacial score (nSPS) is 14.4. The maximum Gasteiger partial charge on any atom is 0.341 e. The molecule has 1 aliphatic carbocycles. The third-order valence-corrected chi connectivity index (χ3v) is 4.20. The Morgan fingerprint density at radius 1 is 1.21 bits per heavy atom. The van der Waals surface area contributed by atoms with Crippen molar-refractivity contribution in [2.75, 3.05) is 26.8 Å². The molecule has 0 spiro atoms. The molecule has 0 saturated heterocycles. The smallest absolute Gasteiger partial charge is 0.341 e. The van der Waals surface area contributed by atoms with Crippen LogP contribution in [0, 0.1) is 5.92 Å². The second kappa shape index (κ2) is 8.57. The minimum atomic E-state index is -1.06. The van der Waals surface area contributed by atoms with Crippen molar-refractivity contribution < 1.29 is 24.2 Å². The van der Waals surface area contributed by atoms with Gasteiger partial charge in [0.25, 0.3) is 5.91 Å². The molecule has 24 heavy (non-hydrogen) atoms. The van der Waals surface area contributed by atoms with Gasteiger partial charge < -0.3 is 19.5 Å². The number of benzene rings is 1. The molecule has 1 amide bonds. The van der Waals surface area contributed by atoms with Gasteiger partial charge in [-0.2, -0.15) is 0 Å². The van der Waals surface area contributed by atoms with Crippen LogP contribution in [0.3, 0.4) is 0 Å². The highest BCUT2D eigenvalue weighted by Gasteiger charge is 2.21. The Labute approximate surface area is 142 Å². The highest BCUT2D eigenvalue weighted by molar-refractivity contribution is 5.94. The Morgan fingerprint density at radius 2 is 1.92 bits per heavy atom. The number of hydrogen-bond acceptors (Lipinski definition) is 4. The number of hydrogen-bond donors (Lipinski definition) is 1. The number of rotatable bonds is 8. The van der Waals surface area contributed by atoms with E-state index in [1.807, 2.05) is 14.0 Å². The number of aliphatic carboxylic acids is 1. The molecule has 0 radical (unpaired) electrons. The molecule has 0 aliphatic heterocycles. The first-order valence-electron chi connectivity index (χ1n) is 8.38. The summed E-state index contributed by atoms with van der Waals surface area (Å²) in [6.45, 7) is 2.54. The molecule has 0 unspecified atom stereocenters. The molecule has 6 nitrogen and oxygen atoms in total. The number of carbonyl (C=O) groups excluding carboxylic acids is 1. The van der Waals surface area contributed by atoms with E-state index in [4.69, 9.17) is 14.6 Å². The minimum absolute atomic E-state index is 0.0624. The van der Waals surface area contributed by atoms with Crippen LogP contribution in [0.1, 0.15) is 43.0 Å². The average molecular weight is 335 g/mol. The van der Waals surface area contributed by atoms with Gasteiger partial charge in [-0.05, 0) is 43.9 Å². The molecular formula is C18H25NO5. The van der Waals surface area contributed by atoms with Crippen LogP contribution in [0.25, 0.3) is 0 Å². The summed E-state index contributed by atoms with van der Waals surface area (Å²) >= 11 is 0. The highest BCUT2D eigenvalue weighted by atomic mass is 16.5. The maximum absolute atomic E-state index is 12.6. The van der Waals surface area contributed by atoms with Crippen molar-refractivity contribution in [1.82, 2.24) is 4.90 Å². The van der Waals surface area contributed by atoms with Crippen LogP contribution < -0.4 is 9.47 Å². The Balaban J connectivity index is 2.09. The maximum atomic E-state index is 12.6. The van der Waals surface area contributed by atoms with Crippen LogP contribution >= 0.6 is 0 Å². The Hall–Kier alpha value is -2.24. The second-order valence-corrected chi connectivity index (χ2v) is 6.11. The monoisotopic (exact) mass is 335 g/mol. The van der Waals surface area contributed by atoms with E-state index in [9.17, 15) is 9.59 Å². The summed E-state index contributed by atoms with van der Waals surface area (Å²) in [7, 11) is 1.82. The van der Waals surface area contributed by atoms with E-state index in [0.717, 1.165) is 6.54 Å². The predicted octanol–water partition coefficient (Wildman–Crippen LogP) is 2.81. The van der Waals surface area contributed by atoms with E-state index in [0.29, 0.717) is 29.6 Å². The lowest BCUT2D eigenvalue weighted by Crippen LogP contribution is -2.31. The van der Waals surface area contributed by atoms with E-state index in [1.165, 1.54) is 25.7 Å². The molecule has 1 aliphatic rings. The van der Waals surface area contributed by atoms with Gasteiger partial charge in [0, 0.05) is 19.2 Å². The number of carboxylic acids is 1. The van der Waals surface area contributed by atoms with Crippen LogP contribution in [-0.2, 0) is 4.79 Å². The second-order valence-electron chi connectivity index (χ2n) is 6.11. The fraction of sp³-hybridized carbons (Fsp3) is 0.556.